The summed E-state index contributed by atoms with van der Waals surface area (Å²) in [6, 6.07) is 0. The Hall–Kier alpha value is -0.150. The molecule has 1 fully saturated rings. The Morgan fingerprint density at radius 1 is 1.56 bits per heavy atom. The molecule has 1 aliphatic rings. The van der Waals surface area contributed by atoms with Gasteiger partial charge in [-0.1, -0.05) is 0 Å². The SMILES string of the molecule is NCCC1CNCC1F. The van der Waals surface area contributed by atoms with Crippen molar-refractivity contribution in [2.75, 3.05) is 19.6 Å². The Morgan fingerprint density at radius 3 is 2.78 bits per heavy atom. The van der Waals surface area contributed by atoms with E-state index < -0.39 is 6.17 Å². The summed E-state index contributed by atoms with van der Waals surface area (Å²) in [6.07, 6.45) is 0.155. The smallest absolute Gasteiger partial charge is 0.117 e. The number of rotatable bonds is 2. The van der Waals surface area contributed by atoms with Crippen molar-refractivity contribution < 1.29 is 4.39 Å². The van der Waals surface area contributed by atoms with Gasteiger partial charge in [0.05, 0.1) is 0 Å². The van der Waals surface area contributed by atoms with Crippen LogP contribution in [0.25, 0.3) is 0 Å². The first-order valence-electron chi connectivity index (χ1n) is 3.39. The number of hydrogen-bond acceptors (Lipinski definition) is 2. The normalized spacial score (nSPS) is 35.3. The molecular formula is C6H13FN2. The van der Waals surface area contributed by atoms with Gasteiger partial charge in [0, 0.05) is 19.0 Å². The second kappa shape index (κ2) is 3.13. The fourth-order valence-electron chi connectivity index (χ4n) is 1.20. The Bertz CT molecular complexity index is 87.1. The molecule has 0 radical (unpaired) electrons. The molecule has 1 saturated heterocycles. The van der Waals surface area contributed by atoms with Gasteiger partial charge in [0.2, 0.25) is 0 Å². The second-order valence-electron chi connectivity index (χ2n) is 2.51. The molecular weight excluding hydrogens is 119 g/mol. The van der Waals surface area contributed by atoms with Gasteiger partial charge in [0.25, 0.3) is 0 Å². The van der Waals surface area contributed by atoms with Gasteiger partial charge in [0.1, 0.15) is 6.17 Å². The lowest BCUT2D eigenvalue weighted by molar-refractivity contribution is 0.275. The van der Waals surface area contributed by atoms with Crippen molar-refractivity contribution in [2.45, 2.75) is 12.6 Å². The maximum absolute atomic E-state index is 12.7. The van der Waals surface area contributed by atoms with Gasteiger partial charge in [-0.3, -0.25) is 0 Å². The number of alkyl halides is 1. The first kappa shape index (κ1) is 6.96. The molecule has 0 aliphatic carbocycles. The fourth-order valence-corrected chi connectivity index (χ4v) is 1.20. The van der Waals surface area contributed by atoms with E-state index in [1.54, 1.807) is 0 Å². The first-order valence-corrected chi connectivity index (χ1v) is 3.39. The minimum atomic E-state index is -0.659. The molecule has 2 atom stereocenters. The number of hydrogen-bond donors (Lipinski definition) is 2. The lowest BCUT2D eigenvalue weighted by Gasteiger charge is -2.07. The van der Waals surface area contributed by atoms with E-state index in [0.717, 1.165) is 13.0 Å². The third-order valence-corrected chi connectivity index (χ3v) is 1.79. The minimum Gasteiger partial charge on any atom is -0.330 e. The van der Waals surface area contributed by atoms with E-state index in [1.165, 1.54) is 0 Å². The van der Waals surface area contributed by atoms with Gasteiger partial charge in [-0.15, -0.1) is 0 Å². The zero-order valence-electron chi connectivity index (χ0n) is 5.44. The summed E-state index contributed by atoms with van der Waals surface area (Å²) in [5.74, 6) is 0.176. The molecule has 0 aromatic rings. The first-order chi connectivity index (χ1) is 4.34. The minimum absolute atomic E-state index is 0.176. The van der Waals surface area contributed by atoms with E-state index in [9.17, 15) is 4.39 Å². The Labute approximate surface area is 54.6 Å². The summed E-state index contributed by atoms with van der Waals surface area (Å²) < 4.78 is 12.7. The molecule has 0 aromatic carbocycles. The number of halogens is 1. The molecule has 0 saturated carbocycles. The molecule has 3 heteroatoms. The van der Waals surface area contributed by atoms with Gasteiger partial charge in [-0.2, -0.15) is 0 Å². The van der Waals surface area contributed by atoms with Gasteiger partial charge < -0.3 is 11.1 Å². The van der Waals surface area contributed by atoms with Gasteiger partial charge in [-0.05, 0) is 13.0 Å². The van der Waals surface area contributed by atoms with Crippen molar-refractivity contribution in [3.05, 3.63) is 0 Å². The third-order valence-electron chi connectivity index (χ3n) is 1.79. The summed E-state index contributed by atoms with van der Waals surface area (Å²) in [6.45, 7) is 1.93. The third kappa shape index (κ3) is 1.63. The van der Waals surface area contributed by atoms with Crippen LogP contribution in [-0.4, -0.2) is 25.8 Å². The molecule has 0 bridgehead atoms. The zero-order chi connectivity index (χ0) is 6.69. The van der Waals surface area contributed by atoms with Crippen LogP contribution in [0, 0.1) is 5.92 Å². The number of nitrogens with two attached hydrogens (primary N) is 1. The summed E-state index contributed by atoms with van der Waals surface area (Å²) in [5.41, 5.74) is 5.28. The maximum atomic E-state index is 12.7. The predicted octanol–water partition coefficient (Wildman–Crippen LogP) is -0.107. The molecule has 2 unspecified atom stereocenters. The predicted molar refractivity (Wildman–Crippen MR) is 34.9 cm³/mol. The van der Waals surface area contributed by atoms with Crippen molar-refractivity contribution in [3.8, 4) is 0 Å². The van der Waals surface area contributed by atoms with Crippen molar-refractivity contribution in [1.82, 2.24) is 5.32 Å². The van der Waals surface area contributed by atoms with Crippen molar-refractivity contribution in [2.24, 2.45) is 11.7 Å². The molecule has 0 amide bonds. The Morgan fingerprint density at radius 2 is 2.33 bits per heavy atom. The van der Waals surface area contributed by atoms with E-state index in [-0.39, 0.29) is 5.92 Å². The quantitative estimate of drug-likeness (QED) is 0.550. The highest BCUT2D eigenvalue weighted by molar-refractivity contribution is 4.80. The van der Waals surface area contributed by atoms with Crippen LogP contribution in [0.15, 0.2) is 0 Å². The molecule has 9 heavy (non-hydrogen) atoms. The summed E-state index contributed by atoms with van der Waals surface area (Å²) in [7, 11) is 0. The standard InChI is InChI=1S/C6H13FN2/c7-6-4-9-3-5(6)1-2-8/h5-6,9H,1-4,8H2. The van der Waals surface area contributed by atoms with Crippen LogP contribution in [0.5, 0.6) is 0 Å². The molecule has 54 valence electrons. The van der Waals surface area contributed by atoms with Crippen LogP contribution < -0.4 is 11.1 Å². The average molecular weight is 132 g/mol. The van der Waals surface area contributed by atoms with E-state index in [0.29, 0.717) is 13.1 Å². The van der Waals surface area contributed by atoms with E-state index >= 15 is 0 Å². The molecule has 0 spiro atoms. The van der Waals surface area contributed by atoms with E-state index in [4.69, 9.17) is 5.73 Å². The lowest BCUT2D eigenvalue weighted by Crippen LogP contribution is -2.17. The number of nitrogens with one attached hydrogen (secondary N) is 1. The molecule has 1 rings (SSSR count). The summed E-state index contributed by atoms with van der Waals surface area (Å²) in [4.78, 5) is 0. The van der Waals surface area contributed by atoms with Crippen LogP contribution in [-0.2, 0) is 0 Å². The highest BCUT2D eigenvalue weighted by atomic mass is 19.1. The fraction of sp³-hybridized carbons (Fsp3) is 1.00. The molecule has 0 aromatic heterocycles. The molecule has 1 aliphatic heterocycles. The molecule has 1 heterocycles. The Kier molecular flexibility index (Phi) is 2.42. The highest BCUT2D eigenvalue weighted by Gasteiger charge is 2.25. The lowest BCUT2D eigenvalue weighted by atomic mass is 10.0. The van der Waals surface area contributed by atoms with Gasteiger partial charge in [-0.25, -0.2) is 4.39 Å². The largest absolute Gasteiger partial charge is 0.330 e. The maximum Gasteiger partial charge on any atom is 0.117 e. The summed E-state index contributed by atoms with van der Waals surface area (Å²) >= 11 is 0. The van der Waals surface area contributed by atoms with Crippen LogP contribution in [0.2, 0.25) is 0 Å². The van der Waals surface area contributed by atoms with E-state index in [1.807, 2.05) is 0 Å². The molecule has 2 nitrogen and oxygen atoms in total. The Balaban J connectivity index is 2.22. The molecule has 3 N–H and O–H groups in total. The van der Waals surface area contributed by atoms with Crippen LogP contribution in [0.4, 0.5) is 4.39 Å². The van der Waals surface area contributed by atoms with Crippen LogP contribution in [0.3, 0.4) is 0 Å². The average Bonchev–Trinajstić information content (AvgIpc) is 2.18. The van der Waals surface area contributed by atoms with E-state index in [2.05, 4.69) is 5.32 Å². The van der Waals surface area contributed by atoms with Crippen molar-refractivity contribution in [3.63, 3.8) is 0 Å². The van der Waals surface area contributed by atoms with Crippen molar-refractivity contribution in [1.29, 1.82) is 0 Å². The van der Waals surface area contributed by atoms with Crippen LogP contribution >= 0.6 is 0 Å². The monoisotopic (exact) mass is 132 g/mol. The topological polar surface area (TPSA) is 38.0 Å². The zero-order valence-corrected chi connectivity index (χ0v) is 5.44. The van der Waals surface area contributed by atoms with Gasteiger partial charge in [0.15, 0.2) is 0 Å². The van der Waals surface area contributed by atoms with Gasteiger partial charge >= 0.3 is 0 Å². The summed E-state index contributed by atoms with van der Waals surface area (Å²) in [5, 5.41) is 2.98. The van der Waals surface area contributed by atoms with Crippen LogP contribution in [0.1, 0.15) is 6.42 Å². The van der Waals surface area contributed by atoms with Crippen molar-refractivity contribution >= 4 is 0 Å². The second-order valence-corrected chi connectivity index (χ2v) is 2.51. The highest BCUT2D eigenvalue weighted by Crippen LogP contribution is 2.14.